The number of hydrogen-bond donors (Lipinski definition) is 6. The van der Waals surface area contributed by atoms with Crippen molar-refractivity contribution in [2.24, 2.45) is 5.92 Å². The number of rotatable bonds is 0. The monoisotopic (exact) mass is 332 g/mol. The van der Waals surface area contributed by atoms with Crippen LogP contribution in [0.4, 0.5) is 0 Å². The van der Waals surface area contributed by atoms with Gasteiger partial charge in [0.05, 0.1) is 0 Å². The van der Waals surface area contributed by atoms with Crippen molar-refractivity contribution >= 4 is 15.6 Å². The molecule has 10 heteroatoms. The molecule has 0 saturated heterocycles. The van der Waals surface area contributed by atoms with Crippen LogP contribution in [0, 0.1) is 5.92 Å². The third kappa shape index (κ3) is 159. The molecule has 0 bridgehead atoms. The van der Waals surface area contributed by atoms with Gasteiger partial charge in [-0.25, -0.2) is 9.13 Å². The van der Waals surface area contributed by atoms with E-state index in [1.165, 1.54) is 0 Å². The van der Waals surface area contributed by atoms with Gasteiger partial charge in [-0.3, -0.25) is 0 Å². The van der Waals surface area contributed by atoms with E-state index in [0.29, 0.717) is 0 Å². The first-order valence-corrected chi connectivity index (χ1v) is 8.43. The second kappa shape index (κ2) is 13.4. The number of phosphoric acid groups is 2. The topological polar surface area (TPSA) is 156 Å². The molecular formula is C10H22O8P2. The molecule has 1 aromatic carbocycles. The van der Waals surface area contributed by atoms with E-state index in [9.17, 15) is 0 Å². The fourth-order valence-corrected chi connectivity index (χ4v) is 0.385. The first kappa shape index (κ1) is 24.5. The zero-order valence-electron chi connectivity index (χ0n) is 11.4. The van der Waals surface area contributed by atoms with Gasteiger partial charge in [0, 0.05) is 0 Å². The lowest BCUT2D eigenvalue weighted by Crippen LogP contribution is -1.66. The van der Waals surface area contributed by atoms with E-state index in [-0.39, 0.29) is 0 Å². The minimum Gasteiger partial charge on any atom is -0.303 e. The summed E-state index contributed by atoms with van der Waals surface area (Å²) >= 11 is 0. The van der Waals surface area contributed by atoms with Crippen molar-refractivity contribution in [2.75, 3.05) is 0 Å². The summed E-state index contributed by atoms with van der Waals surface area (Å²) < 4.78 is 17.8. The van der Waals surface area contributed by atoms with Gasteiger partial charge < -0.3 is 29.4 Å². The molecule has 120 valence electrons. The van der Waals surface area contributed by atoms with Crippen LogP contribution in [0.3, 0.4) is 0 Å². The third-order valence-corrected chi connectivity index (χ3v) is 0.667. The molecule has 0 amide bonds. The molecule has 0 aliphatic carbocycles. The van der Waals surface area contributed by atoms with E-state index in [4.69, 9.17) is 38.5 Å². The Balaban J connectivity index is -0.000000195. The Bertz CT molecular complexity index is 318. The van der Waals surface area contributed by atoms with Crippen LogP contribution in [-0.2, 0) is 9.13 Å². The highest BCUT2D eigenvalue weighted by Crippen LogP contribution is 2.26. The van der Waals surface area contributed by atoms with Gasteiger partial charge in [-0.15, -0.1) is 0 Å². The molecule has 1 aromatic rings. The van der Waals surface area contributed by atoms with Crippen molar-refractivity contribution in [3.05, 3.63) is 36.4 Å². The molecule has 0 aliphatic heterocycles. The van der Waals surface area contributed by atoms with Crippen LogP contribution in [0.5, 0.6) is 0 Å². The van der Waals surface area contributed by atoms with Gasteiger partial charge in [0.15, 0.2) is 0 Å². The zero-order valence-corrected chi connectivity index (χ0v) is 13.2. The minimum absolute atomic E-state index is 0.833. The van der Waals surface area contributed by atoms with Crippen LogP contribution in [0.1, 0.15) is 20.8 Å². The molecule has 1 rings (SSSR count). The summed E-state index contributed by atoms with van der Waals surface area (Å²) in [5.41, 5.74) is 0. The fraction of sp³-hybridized carbons (Fsp3) is 0.400. The Morgan fingerprint density at radius 3 is 0.700 bits per heavy atom. The summed E-state index contributed by atoms with van der Waals surface area (Å²) in [6.45, 7) is 6.50. The van der Waals surface area contributed by atoms with Crippen LogP contribution in [-0.4, -0.2) is 29.4 Å². The van der Waals surface area contributed by atoms with Crippen molar-refractivity contribution in [1.82, 2.24) is 0 Å². The van der Waals surface area contributed by atoms with E-state index in [1.54, 1.807) is 0 Å². The maximum atomic E-state index is 8.88. The highest BCUT2D eigenvalue weighted by molar-refractivity contribution is 7.45. The van der Waals surface area contributed by atoms with Crippen LogP contribution < -0.4 is 0 Å². The summed E-state index contributed by atoms with van der Waals surface area (Å²) in [7, 11) is -9.28. The highest BCUT2D eigenvalue weighted by atomic mass is 31.2. The van der Waals surface area contributed by atoms with Crippen molar-refractivity contribution < 1.29 is 38.5 Å². The smallest absolute Gasteiger partial charge is 0.303 e. The molecule has 0 heterocycles. The molecule has 0 atom stereocenters. The second-order valence-electron chi connectivity index (χ2n) is 3.91. The van der Waals surface area contributed by atoms with E-state index < -0.39 is 15.6 Å². The second-order valence-corrected chi connectivity index (χ2v) is 5.97. The van der Waals surface area contributed by atoms with Gasteiger partial charge >= 0.3 is 15.6 Å². The van der Waals surface area contributed by atoms with Gasteiger partial charge in [0.25, 0.3) is 0 Å². The van der Waals surface area contributed by atoms with Gasteiger partial charge in [-0.2, -0.15) is 0 Å². The zero-order chi connectivity index (χ0) is 16.8. The van der Waals surface area contributed by atoms with E-state index in [2.05, 4.69) is 20.8 Å². The maximum Gasteiger partial charge on any atom is 0.466 e. The summed E-state index contributed by atoms with van der Waals surface area (Å²) in [5, 5.41) is 0. The maximum absolute atomic E-state index is 8.88. The molecule has 0 unspecified atom stereocenters. The van der Waals surface area contributed by atoms with Crippen molar-refractivity contribution in [3.63, 3.8) is 0 Å². The van der Waals surface area contributed by atoms with Gasteiger partial charge in [0.2, 0.25) is 0 Å². The summed E-state index contributed by atoms with van der Waals surface area (Å²) in [4.78, 5) is 43.1. The molecule has 8 nitrogen and oxygen atoms in total. The quantitative estimate of drug-likeness (QED) is 0.390. The first-order chi connectivity index (χ1) is 8.73. The van der Waals surface area contributed by atoms with Crippen molar-refractivity contribution in [1.29, 1.82) is 0 Å². The Hall–Kier alpha value is -0.560. The standard InChI is InChI=1S/C6H6.C4H10.2H3O4P/c1-2-4-6-5-3-1;1-4(2)3;2*1-5(2,3)4/h1-6H;4H,1-3H3;2*(H3,1,2,3,4). The van der Waals surface area contributed by atoms with Crippen LogP contribution >= 0.6 is 15.6 Å². The van der Waals surface area contributed by atoms with Crippen molar-refractivity contribution in [3.8, 4) is 0 Å². The molecule has 20 heavy (non-hydrogen) atoms. The molecule has 0 aliphatic rings. The third-order valence-electron chi connectivity index (χ3n) is 0.667. The van der Waals surface area contributed by atoms with Crippen LogP contribution in [0.15, 0.2) is 36.4 Å². The number of hydrogen-bond acceptors (Lipinski definition) is 2. The molecule has 0 spiro atoms. The van der Waals surface area contributed by atoms with E-state index >= 15 is 0 Å². The Labute approximate surface area is 118 Å². The summed E-state index contributed by atoms with van der Waals surface area (Å²) in [5.74, 6) is 0.833. The van der Waals surface area contributed by atoms with Gasteiger partial charge in [-0.1, -0.05) is 57.2 Å². The minimum atomic E-state index is -4.64. The highest BCUT2D eigenvalue weighted by Gasteiger charge is 2.00. The molecule has 0 radical (unpaired) electrons. The van der Waals surface area contributed by atoms with Crippen LogP contribution in [0.2, 0.25) is 0 Å². The molecular weight excluding hydrogens is 310 g/mol. The first-order valence-electron chi connectivity index (χ1n) is 5.30. The van der Waals surface area contributed by atoms with Gasteiger partial charge in [-0.05, 0) is 5.92 Å². The SMILES string of the molecule is CC(C)C.O=P(O)(O)O.O=P(O)(O)O.c1ccccc1. The fourth-order valence-electron chi connectivity index (χ4n) is 0.385. The van der Waals surface area contributed by atoms with E-state index in [1.807, 2.05) is 36.4 Å². The average Bonchev–Trinajstić information content (AvgIpc) is 2.14. The van der Waals surface area contributed by atoms with E-state index in [0.717, 1.165) is 5.92 Å². The Morgan fingerprint density at radius 1 is 0.600 bits per heavy atom. The summed E-state index contributed by atoms with van der Waals surface area (Å²) in [6.07, 6.45) is 0. The lowest BCUT2D eigenvalue weighted by molar-refractivity contribution is 0.272. The van der Waals surface area contributed by atoms with Gasteiger partial charge in [0.1, 0.15) is 0 Å². The normalized spacial score (nSPS) is 10.1. The lowest BCUT2D eigenvalue weighted by Gasteiger charge is -1.82. The Kier molecular flexibility index (Phi) is 16.4. The molecule has 6 N–H and O–H groups in total. The average molecular weight is 332 g/mol. The molecule has 0 fully saturated rings. The summed E-state index contributed by atoms with van der Waals surface area (Å²) in [6, 6.07) is 12.0. The predicted octanol–water partition coefficient (Wildman–Crippen LogP) is 1.49. The van der Waals surface area contributed by atoms with Crippen molar-refractivity contribution in [2.45, 2.75) is 20.8 Å². The number of benzene rings is 1. The largest absolute Gasteiger partial charge is 0.466 e. The molecule has 0 aromatic heterocycles. The predicted molar refractivity (Wildman–Crippen MR) is 75.5 cm³/mol. The molecule has 0 saturated carbocycles. The lowest BCUT2D eigenvalue weighted by atomic mass is 10.3. The van der Waals surface area contributed by atoms with Crippen LogP contribution in [0.25, 0.3) is 0 Å². The Morgan fingerprint density at radius 2 is 0.650 bits per heavy atom.